The topological polar surface area (TPSA) is 80.2 Å². The molecule has 164 valence electrons. The number of amidine groups is 1. The van der Waals surface area contributed by atoms with E-state index in [1.165, 1.54) is 5.56 Å². The highest BCUT2D eigenvalue weighted by molar-refractivity contribution is 6.02. The van der Waals surface area contributed by atoms with Gasteiger partial charge in [0.2, 0.25) is 0 Å². The van der Waals surface area contributed by atoms with Crippen LogP contribution in [-0.2, 0) is 17.6 Å². The Morgan fingerprint density at radius 2 is 1.75 bits per heavy atom. The van der Waals surface area contributed by atoms with Crippen LogP contribution in [0.25, 0.3) is 0 Å². The number of para-hydroxylation sites is 1. The van der Waals surface area contributed by atoms with E-state index in [-0.39, 0.29) is 6.42 Å². The normalized spacial score (nSPS) is 14.5. The molecule has 0 aromatic heterocycles. The molecule has 1 unspecified atom stereocenters. The van der Waals surface area contributed by atoms with Crippen LogP contribution >= 0.6 is 0 Å². The van der Waals surface area contributed by atoms with Gasteiger partial charge in [0.1, 0.15) is 23.9 Å². The number of hydrogen-bond acceptors (Lipinski definition) is 4. The Balaban J connectivity index is 1.25. The molecule has 32 heavy (non-hydrogen) atoms. The maximum atomic E-state index is 11.6. The lowest BCUT2D eigenvalue weighted by Crippen LogP contribution is -2.29. The average Bonchev–Trinajstić information content (AvgIpc) is 3.21. The van der Waals surface area contributed by atoms with Crippen LogP contribution in [0.2, 0.25) is 0 Å². The van der Waals surface area contributed by atoms with Crippen LogP contribution in [-0.4, -0.2) is 36.2 Å². The predicted molar refractivity (Wildman–Crippen MR) is 125 cm³/mol. The molecule has 6 heteroatoms. The quantitative estimate of drug-likeness (QED) is 0.488. The summed E-state index contributed by atoms with van der Waals surface area (Å²) in [6, 6.07) is 23.0. The fourth-order valence-electron chi connectivity index (χ4n) is 3.51. The molecular weight excluding hydrogens is 404 g/mol. The maximum absolute atomic E-state index is 11.6. The van der Waals surface area contributed by atoms with Gasteiger partial charge in [0.15, 0.2) is 6.10 Å². The number of carboxylic acid groups (broad SMARTS) is 1. The average molecular weight is 431 g/mol. The number of aliphatic carboxylic acids is 1. The lowest BCUT2D eigenvalue weighted by Gasteiger charge is -2.15. The minimum absolute atomic E-state index is 0.267. The summed E-state index contributed by atoms with van der Waals surface area (Å²) in [5, 5.41) is 12.9. The Morgan fingerprint density at radius 1 is 1.03 bits per heavy atom. The third-order valence-electron chi connectivity index (χ3n) is 5.24. The first-order chi connectivity index (χ1) is 15.6. The Labute approximate surface area is 187 Å². The van der Waals surface area contributed by atoms with Gasteiger partial charge in [0.05, 0.1) is 6.54 Å². The van der Waals surface area contributed by atoms with Gasteiger partial charge in [-0.05, 0) is 48.4 Å². The highest BCUT2D eigenvalue weighted by atomic mass is 16.5. The van der Waals surface area contributed by atoms with Crippen molar-refractivity contribution in [1.82, 2.24) is 0 Å². The van der Waals surface area contributed by atoms with Crippen LogP contribution in [0.4, 0.5) is 5.69 Å². The van der Waals surface area contributed by atoms with Gasteiger partial charge in [-0.15, -0.1) is 0 Å². The monoisotopic (exact) mass is 430 g/mol. The number of nitrogens with one attached hydrogen (secondary N) is 1. The largest absolute Gasteiger partial charge is 0.492 e. The molecule has 0 aliphatic carbocycles. The van der Waals surface area contributed by atoms with Gasteiger partial charge < -0.3 is 19.9 Å². The maximum Gasteiger partial charge on any atom is 0.345 e. The Hall–Kier alpha value is -3.80. The third-order valence-corrected chi connectivity index (χ3v) is 5.24. The van der Waals surface area contributed by atoms with E-state index in [1.54, 1.807) is 12.1 Å². The number of ether oxygens (including phenoxy) is 2. The van der Waals surface area contributed by atoms with Crippen molar-refractivity contribution >= 4 is 17.5 Å². The molecule has 3 aromatic rings. The van der Waals surface area contributed by atoms with Crippen molar-refractivity contribution in [2.45, 2.75) is 25.9 Å². The van der Waals surface area contributed by atoms with E-state index in [9.17, 15) is 9.90 Å². The minimum atomic E-state index is -0.993. The van der Waals surface area contributed by atoms with Gasteiger partial charge in [-0.25, -0.2) is 4.79 Å². The zero-order valence-electron chi connectivity index (χ0n) is 18.0. The number of hydrogen-bond donors (Lipinski definition) is 2. The number of carbonyl (C=O) groups is 1. The van der Waals surface area contributed by atoms with Gasteiger partial charge in [-0.2, -0.15) is 0 Å². The van der Waals surface area contributed by atoms with E-state index >= 15 is 0 Å². The first-order valence-electron chi connectivity index (χ1n) is 10.6. The van der Waals surface area contributed by atoms with E-state index in [1.807, 2.05) is 55.5 Å². The number of rotatable bonds is 9. The van der Waals surface area contributed by atoms with Crippen molar-refractivity contribution in [1.29, 1.82) is 0 Å². The van der Waals surface area contributed by atoms with Crippen LogP contribution < -0.4 is 14.8 Å². The van der Waals surface area contributed by atoms with Gasteiger partial charge in [0, 0.05) is 18.5 Å². The third kappa shape index (κ3) is 5.66. The van der Waals surface area contributed by atoms with Crippen molar-refractivity contribution in [2.24, 2.45) is 4.99 Å². The van der Waals surface area contributed by atoms with Gasteiger partial charge in [-0.3, -0.25) is 4.99 Å². The molecular formula is C26H26N2O4. The molecule has 0 fully saturated rings. The minimum Gasteiger partial charge on any atom is -0.492 e. The predicted octanol–water partition coefficient (Wildman–Crippen LogP) is 4.52. The lowest BCUT2D eigenvalue weighted by molar-refractivity contribution is -0.145. The molecule has 0 amide bonds. The van der Waals surface area contributed by atoms with Crippen molar-refractivity contribution < 1.29 is 19.4 Å². The molecule has 4 rings (SSSR count). The second-order valence-electron chi connectivity index (χ2n) is 7.74. The van der Waals surface area contributed by atoms with Gasteiger partial charge in [-0.1, -0.05) is 48.0 Å². The van der Waals surface area contributed by atoms with Crippen LogP contribution in [0.3, 0.4) is 0 Å². The summed E-state index contributed by atoms with van der Waals surface area (Å²) in [7, 11) is 0. The summed E-state index contributed by atoms with van der Waals surface area (Å²) in [6.07, 6.45) is 0.132. The number of carboxylic acids is 1. The molecule has 0 saturated carbocycles. The Bertz CT molecular complexity index is 1060. The van der Waals surface area contributed by atoms with Crippen LogP contribution in [0.1, 0.15) is 16.7 Å². The zero-order valence-corrected chi connectivity index (χ0v) is 18.0. The summed E-state index contributed by atoms with van der Waals surface area (Å²) in [5.74, 6) is 1.23. The van der Waals surface area contributed by atoms with E-state index in [0.29, 0.717) is 18.9 Å². The Morgan fingerprint density at radius 3 is 2.47 bits per heavy atom. The van der Waals surface area contributed by atoms with E-state index in [2.05, 4.69) is 22.4 Å². The zero-order chi connectivity index (χ0) is 22.3. The number of nitrogens with zero attached hydrogens (tertiary/aromatic N) is 1. The second kappa shape index (κ2) is 10.0. The van der Waals surface area contributed by atoms with Gasteiger partial charge >= 0.3 is 5.97 Å². The smallest absolute Gasteiger partial charge is 0.345 e. The fraction of sp³-hybridized carbons (Fsp3) is 0.231. The molecule has 2 N–H and O–H groups in total. The van der Waals surface area contributed by atoms with Crippen LogP contribution in [0, 0.1) is 6.92 Å². The van der Waals surface area contributed by atoms with Gasteiger partial charge in [0.25, 0.3) is 0 Å². The SMILES string of the molecule is Cc1ccc(OC(Cc2ccc(OCCN=C3Cc4ccccc4N3)cc2)C(=O)O)cc1. The highest BCUT2D eigenvalue weighted by Gasteiger charge is 2.20. The molecule has 3 aromatic carbocycles. The van der Waals surface area contributed by atoms with Crippen molar-refractivity contribution in [2.75, 3.05) is 18.5 Å². The molecule has 1 aliphatic heterocycles. The molecule has 1 heterocycles. The summed E-state index contributed by atoms with van der Waals surface area (Å²) in [5.41, 5.74) is 4.34. The first-order valence-corrected chi connectivity index (χ1v) is 10.6. The Kier molecular flexibility index (Phi) is 6.70. The number of aliphatic imine (C=N–C) groups is 1. The molecule has 1 aliphatic rings. The molecule has 0 spiro atoms. The van der Waals surface area contributed by atoms with Crippen molar-refractivity contribution in [3.8, 4) is 11.5 Å². The summed E-state index contributed by atoms with van der Waals surface area (Å²) in [6.45, 7) is 3.00. The number of anilines is 1. The van der Waals surface area contributed by atoms with E-state index < -0.39 is 12.1 Å². The number of fused-ring (bicyclic) bond motifs is 1. The molecule has 0 bridgehead atoms. The summed E-state index contributed by atoms with van der Waals surface area (Å²) in [4.78, 5) is 16.2. The number of benzene rings is 3. The summed E-state index contributed by atoms with van der Waals surface area (Å²) >= 11 is 0. The standard InChI is InChI=1S/C26H26N2O4/c1-18-6-10-22(11-7-18)32-24(26(29)30)16-19-8-12-21(13-9-19)31-15-14-27-25-17-20-4-2-3-5-23(20)28-25/h2-13,24H,14-17H2,1H3,(H,27,28)(H,29,30). The molecule has 0 radical (unpaired) electrons. The number of aryl methyl sites for hydroxylation is 1. The second-order valence-corrected chi connectivity index (χ2v) is 7.74. The fourth-order valence-corrected chi connectivity index (χ4v) is 3.51. The highest BCUT2D eigenvalue weighted by Crippen LogP contribution is 2.22. The van der Waals surface area contributed by atoms with E-state index in [0.717, 1.165) is 34.8 Å². The summed E-state index contributed by atoms with van der Waals surface area (Å²) < 4.78 is 11.4. The molecule has 0 saturated heterocycles. The van der Waals surface area contributed by atoms with Crippen molar-refractivity contribution in [3.05, 3.63) is 89.5 Å². The van der Waals surface area contributed by atoms with Crippen LogP contribution in [0.5, 0.6) is 11.5 Å². The van der Waals surface area contributed by atoms with Crippen LogP contribution in [0.15, 0.2) is 77.8 Å². The lowest BCUT2D eigenvalue weighted by atomic mass is 10.1. The molecule has 6 nitrogen and oxygen atoms in total. The van der Waals surface area contributed by atoms with E-state index in [4.69, 9.17) is 9.47 Å². The van der Waals surface area contributed by atoms with Crippen molar-refractivity contribution in [3.63, 3.8) is 0 Å². The molecule has 1 atom stereocenters. The first kappa shape index (κ1) is 21.4.